The first-order valence-corrected chi connectivity index (χ1v) is 11.2. The Morgan fingerprint density at radius 1 is 1.12 bits per heavy atom. The number of amides is 2. The van der Waals surface area contributed by atoms with Crippen LogP contribution in [0.1, 0.15) is 47.7 Å². The maximum Gasteiger partial charge on any atom is 0.260 e. The number of pyridine rings is 1. The molecular formula is C25H33N5O3. The van der Waals surface area contributed by atoms with Gasteiger partial charge in [0, 0.05) is 19.3 Å². The average molecular weight is 452 g/mol. The van der Waals surface area contributed by atoms with Gasteiger partial charge in [-0.15, -0.1) is 0 Å². The molecule has 3 rings (SSSR count). The molecule has 0 aliphatic heterocycles. The van der Waals surface area contributed by atoms with Gasteiger partial charge in [-0.05, 0) is 68.4 Å². The van der Waals surface area contributed by atoms with Crippen molar-refractivity contribution in [2.45, 2.75) is 32.7 Å². The normalized spacial score (nSPS) is 11.3. The molecular weight excluding hydrogens is 418 g/mol. The van der Waals surface area contributed by atoms with E-state index < -0.39 is 5.91 Å². The Hall–Kier alpha value is -3.39. The monoisotopic (exact) mass is 451 g/mol. The maximum absolute atomic E-state index is 13.1. The second-order valence-corrected chi connectivity index (χ2v) is 8.77. The molecule has 0 aliphatic carbocycles. The van der Waals surface area contributed by atoms with Crippen molar-refractivity contribution in [1.82, 2.24) is 19.4 Å². The summed E-state index contributed by atoms with van der Waals surface area (Å²) in [5.41, 5.74) is 8.56. The lowest BCUT2D eigenvalue weighted by Crippen LogP contribution is -2.36. The zero-order valence-corrected chi connectivity index (χ0v) is 19.8. The fraction of sp³-hybridized carbons (Fsp3) is 0.400. The van der Waals surface area contributed by atoms with E-state index >= 15 is 0 Å². The molecule has 33 heavy (non-hydrogen) atoms. The molecule has 2 heterocycles. The van der Waals surface area contributed by atoms with Crippen molar-refractivity contribution in [2.75, 3.05) is 33.8 Å². The van der Waals surface area contributed by atoms with Crippen molar-refractivity contribution in [3.05, 3.63) is 65.5 Å². The molecule has 176 valence electrons. The van der Waals surface area contributed by atoms with Gasteiger partial charge in [0.25, 0.3) is 11.8 Å². The van der Waals surface area contributed by atoms with E-state index in [2.05, 4.69) is 23.8 Å². The van der Waals surface area contributed by atoms with E-state index in [1.54, 1.807) is 15.6 Å². The van der Waals surface area contributed by atoms with Crippen LogP contribution in [0.2, 0.25) is 0 Å². The highest BCUT2D eigenvalue weighted by Crippen LogP contribution is 2.19. The Kier molecular flexibility index (Phi) is 8.06. The summed E-state index contributed by atoms with van der Waals surface area (Å²) in [6, 6.07) is 11.6. The molecule has 0 saturated heterocycles. The number of rotatable bonds is 11. The number of aromatic nitrogens is 2. The highest BCUT2D eigenvalue weighted by atomic mass is 16.5. The quantitative estimate of drug-likeness (QED) is 0.484. The zero-order valence-electron chi connectivity index (χ0n) is 19.8. The van der Waals surface area contributed by atoms with Gasteiger partial charge in [0.2, 0.25) is 0 Å². The van der Waals surface area contributed by atoms with E-state index in [0.29, 0.717) is 35.8 Å². The second-order valence-electron chi connectivity index (χ2n) is 8.77. The largest absolute Gasteiger partial charge is 0.484 e. The third-order valence-corrected chi connectivity index (χ3v) is 5.52. The fourth-order valence-corrected chi connectivity index (χ4v) is 3.59. The van der Waals surface area contributed by atoms with Gasteiger partial charge in [-0.2, -0.15) is 5.10 Å². The zero-order chi connectivity index (χ0) is 24.0. The third-order valence-electron chi connectivity index (χ3n) is 5.52. The van der Waals surface area contributed by atoms with Crippen molar-refractivity contribution >= 4 is 17.3 Å². The lowest BCUT2D eigenvalue weighted by Gasteiger charge is -2.24. The Balaban J connectivity index is 1.71. The SMILES string of the molecule is CC(C)c1ccc(OCC(=O)N(CCCN(C)C)Cc2ccn3ncc(C(N)=O)c3c2)cc1. The smallest absolute Gasteiger partial charge is 0.260 e. The maximum atomic E-state index is 13.1. The number of primary amides is 1. The number of hydrogen-bond donors (Lipinski definition) is 1. The van der Waals surface area contributed by atoms with Gasteiger partial charge in [-0.3, -0.25) is 9.59 Å². The molecule has 0 unspecified atom stereocenters. The van der Waals surface area contributed by atoms with Gasteiger partial charge < -0.3 is 20.3 Å². The van der Waals surface area contributed by atoms with E-state index in [1.807, 2.05) is 50.5 Å². The minimum absolute atomic E-state index is 0.0372. The molecule has 8 heteroatoms. The molecule has 0 spiro atoms. The van der Waals surface area contributed by atoms with Crippen molar-refractivity contribution < 1.29 is 14.3 Å². The summed E-state index contributed by atoms with van der Waals surface area (Å²) in [6.07, 6.45) is 4.06. The van der Waals surface area contributed by atoms with Crippen LogP contribution >= 0.6 is 0 Å². The van der Waals surface area contributed by atoms with E-state index in [0.717, 1.165) is 18.5 Å². The first kappa shape index (κ1) is 24.3. The number of nitrogens with two attached hydrogens (primary N) is 1. The van der Waals surface area contributed by atoms with Crippen LogP contribution in [0, 0.1) is 0 Å². The van der Waals surface area contributed by atoms with Crippen LogP contribution in [-0.4, -0.2) is 65.0 Å². The van der Waals surface area contributed by atoms with Crippen LogP contribution in [0.5, 0.6) is 5.75 Å². The Morgan fingerprint density at radius 2 is 1.85 bits per heavy atom. The summed E-state index contributed by atoms with van der Waals surface area (Å²) < 4.78 is 7.38. The summed E-state index contributed by atoms with van der Waals surface area (Å²) >= 11 is 0. The Bertz CT molecular complexity index is 1090. The van der Waals surface area contributed by atoms with Crippen LogP contribution < -0.4 is 10.5 Å². The molecule has 0 aliphatic rings. The number of nitrogens with zero attached hydrogens (tertiary/aromatic N) is 4. The molecule has 0 atom stereocenters. The molecule has 3 aromatic rings. The van der Waals surface area contributed by atoms with Gasteiger partial charge in [-0.25, -0.2) is 4.52 Å². The van der Waals surface area contributed by atoms with E-state index in [9.17, 15) is 9.59 Å². The van der Waals surface area contributed by atoms with E-state index in [1.165, 1.54) is 11.8 Å². The molecule has 0 fully saturated rings. The lowest BCUT2D eigenvalue weighted by atomic mass is 10.0. The molecule has 0 bridgehead atoms. The summed E-state index contributed by atoms with van der Waals surface area (Å²) in [5, 5.41) is 4.15. The molecule has 2 N–H and O–H groups in total. The van der Waals surface area contributed by atoms with Crippen LogP contribution in [0.15, 0.2) is 48.8 Å². The molecule has 1 aromatic carbocycles. The van der Waals surface area contributed by atoms with Gasteiger partial charge >= 0.3 is 0 Å². The minimum Gasteiger partial charge on any atom is -0.484 e. The van der Waals surface area contributed by atoms with Crippen molar-refractivity contribution in [2.24, 2.45) is 5.73 Å². The van der Waals surface area contributed by atoms with Crippen LogP contribution in [-0.2, 0) is 11.3 Å². The second kappa shape index (κ2) is 11.0. The van der Waals surface area contributed by atoms with Crippen molar-refractivity contribution in [1.29, 1.82) is 0 Å². The van der Waals surface area contributed by atoms with Crippen LogP contribution in [0.3, 0.4) is 0 Å². The summed E-state index contributed by atoms with van der Waals surface area (Å²) in [5.74, 6) is 0.493. The first-order valence-electron chi connectivity index (χ1n) is 11.2. The number of carbonyl (C=O) groups excluding carboxylic acids is 2. The number of hydrogen-bond acceptors (Lipinski definition) is 5. The molecule has 0 radical (unpaired) electrons. The van der Waals surface area contributed by atoms with Gasteiger partial charge in [0.1, 0.15) is 5.75 Å². The minimum atomic E-state index is -0.530. The fourth-order valence-electron chi connectivity index (χ4n) is 3.59. The summed E-state index contributed by atoms with van der Waals surface area (Å²) in [7, 11) is 4.02. The third kappa shape index (κ3) is 6.55. The average Bonchev–Trinajstić information content (AvgIpc) is 3.20. The number of ether oxygens (including phenoxy) is 1. The Labute approximate surface area is 194 Å². The topological polar surface area (TPSA) is 93.2 Å². The lowest BCUT2D eigenvalue weighted by molar-refractivity contribution is -0.134. The highest BCUT2D eigenvalue weighted by Gasteiger charge is 2.17. The Morgan fingerprint density at radius 3 is 2.48 bits per heavy atom. The van der Waals surface area contributed by atoms with E-state index in [-0.39, 0.29) is 12.5 Å². The van der Waals surface area contributed by atoms with Gasteiger partial charge in [-0.1, -0.05) is 26.0 Å². The number of carbonyl (C=O) groups is 2. The summed E-state index contributed by atoms with van der Waals surface area (Å²) in [4.78, 5) is 28.6. The molecule has 8 nitrogen and oxygen atoms in total. The first-order chi connectivity index (χ1) is 15.7. The van der Waals surface area contributed by atoms with Gasteiger partial charge in [0.05, 0.1) is 17.3 Å². The molecule has 2 amide bonds. The van der Waals surface area contributed by atoms with E-state index in [4.69, 9.17) is 10.5 Å². The van der Waals surface area contributed by atoms with Crippen LogP contribution in [0.25, 0.3) is 5.52 Å². The predicted molar refractivity (Wildman–Crippen MR) is 128 cm³/mol. The molecule has 2 aromatic heterocycles. The predicted octanol–water partition coefficient (Wildman–Crippen LogP) is 2.92. The number of benzene rings is 1. The summed E-state index contributed by atoms with van der Waals surface area (Å²) in [6.45, 7) is 6.11. The number of fused-ring (bicyclic) bond motifs is 1. The highest BCUT2D eigenvalue weighted by molar-refractivity contribution is 5.99. The standard InChI is InChI=1S/C25H33N5O3/c1-18(2)20-6-8-21(9-7-20)33-17-24(31)29(12-5-11-28(3)4)16-19-10-13-30-23(14-19)22(15-27-30)25(26)32/h6-10,13-15,18H,5,11-12,16-17H2,1-4H3,(H2,26,32). The van der Waals surface area contributed by atoms with Crippen molar-refractivity contribution in [3.63, 3.8) is 0 Å². The van der Waals surface area contributed by atoms with Gasteiger partial charge in [0.15, 0.2) is 6.61 Å². The van der Waals surface area contributed by atoms with Crippen LogP contribution in [0.4, 0.5) is 0 Å². The molecule has 0 saturated carbocycles. The van der Waals surface area contributed by atoms with Crippen molar-refractivity contribution in [3.8, 4) is 5.75 Å².